The summed E-state index contributed by atoms with van der Waals surface area (Å²) >= 11 is 0. The van der Waals surface area contributed by atoms with Crippen molar-refractivity contribution < 1.29 is 14.3 Å². The third-order valence-corrected chi connectivity index (χ3v) is 3.67. The summed E-state index contributed by atoms with van der Waals surface area (Å²) in [5.74, 6) is 1.29. The SMILES string of the molecule is CCOc1cc2c(cc1/C=C(\C#N)C(=O)C(C)(C)C)O[C@H](C)C2. The van der Waals surface area contributed by atoms with Crippen LogP contribution in [0, 0.1) is 16.7 Å². The smallest absolute Gasteiger partial charge is 0.178 e. The van der Waals surface area contributed by atoms with Gasteiger partial charge in [-0.3, -0.25) is 4.79 Å². The molecule has 0 aromatic heterocycles. The molecule has 1 atom stereocenters. The Labute approximate surface area is 137 Å². The Bertz CT molecular complexity index is 690. The molecular formula is C19H23NO3. The lowest BCUT2D eigenvalue weighted by Gasteiger charge is -2.16. The van der Waals surface area contributed by atoms with Gasteiger partial charge in [0.15, 0.2) is 5.78 Å². The molecule has 0 unspecified atom stereocenters. The molecule has 0 fully saturated rings. The highest BCUT2D eigenvalue weighted by molar-refractivity contribution is 6.06. The van der Waals surface area contributed by atoms with Crippen molar-refractivity contribution in [2.45, 2.75) is 47.1 Å². The molecule has 1 aromatic rings. The predicted octanol–water partition coefficient (Wildman–Crippen LogP) is 3.93. The molecule has 1 aliphatic heterocycles. The summed E-state index contributed by atoms with van der Waals surface area (Å²) in [4.78, 5) is 12.4. The van der Waals surface area contributed by atoms with Crippen molar-refractivity contribution in [3.05, 3.63) is 28.8 Å². The van der Waals surface area contributed by atoms with Crippen LogP contribution in [0.25, 0.3) is 6.08 Å². The monoisotopic (exact) mass is 313 g/mol. The first-order valence-electron chi connectivity index (χ1n) is 7.89. The Hall–Kier alpha value is -2.28. The second-order valence-electron chi connectivity index (χ2n) is 6.81. The lowest BCUT2D eigenvalue weighted by atomic mass is 9.86. The highest BCUT2D eigenvalue weighted by Crippen LogP contribution is 2.36. The fourth-order valence-corrected chi connectivity index (χ4v) is 2.56. The minimum atomic E-state index is -0.602. The molecule has 1 aromatic carbocycles. The third kappa shape index (κ3) is 3.73. The molecule has 0 amide bonds. The quantitative estimate of drug-likeness (QED) is 0.624. The average Bonchev–Trinajstić information content (AvgIpc) is 2.82. The Balaban J connectivity index is 2.49. The van der Waals surface area contributed by atoms with E-state index in [1.54, 1.807) is 26.8 Å². The van der Waals surface area contributed by atoms with Gasteiger partial charge in [0.2, 0.25) is 0 Å². The normalized spacial score (nSPS) is 17.2. The molecule has 0 bridgehead atoms. The molecule has 122 valence electrons. The van der Waals surface area contributed by atoms with Crippen LogP contribution >= 0.6 is 0 Å². The van der Waals surface area contributed by atoms with Gasteiger partial charge >= 0.3 is 0 Å². The van der Waals surface area contributed by atoms with Gasteiger partial charge in [-0.05, 0) is 32.1 Å². The molecule has 4 heteroatoms. The minimum absolute atomic E-state index is 0.129. The molecule has 0 saturated heterocycles. The van der Waals surface area contributed by atoms with Gasteiger partial charge in [0.25, 0.3) is 0 Å². The van der Waals surface area contributed by atoms with Crippen LogP contribution in [0.15, 0.2) is 17.7 Å². The maximum absolute atomic E-state index is 12.4. The Morgan fingerprint density at radius 1 is 1.48 bits per heavy atom. The molecule has 0 N–H and O–H groups in total. The van der Waals surface area contributed by atoms with Crippen LogP contribution < -0.4 is 9.47 Å². The van der Waals surface area contributed by atoms with Crippen LogP contribution in [0.4, 0.5) is 0 Å². The average molecular weight is 313 g/mol. The van der Waals surface area contributed by atoms with Crippen LogP contribution in [0.2, 0.25) is 0 Å². The van der Waals surface area contributed by atoms with Crippen molar-refractivity contribution in [3.63, 3.8) is 0 Å². The van der Waals surface area contributed by atoms with E-state index in [-0.39, 0.29) is 17.5 Å². The number of allylic oxidation sites excluding steroid dienone is 1. The van der Waals surface area contributed by atoms with Crippen molar-refractivity contribution in [3.8, 4) is 17.6 Å². The van der Waals surface area contributed by atoms with Crippen LogP contribution in [-0.2, 0) is 11.2 Å². The van der Waals surface area contributed by atoms with E-state index in [0.29, 0.717) is 17.9 Å². The van der Waals surface area contributed by atoms with Crippen LogP contribution in [-0.4, -0.2) is 18.5 Å². The first-order chi connectivity index (χ1) is 10.8. The number of carbonyl (C=O) groups is 1. The summed E-state index contributed by atoms with van der Waals surface area (Å²) in [5.41, 5.74) is 1.33. The van der Waals surface area contributed by atoms with Gasteiger partial charge in [-0.2, -0.15) is 5.26 Å². The van der Waals surface area contributed by atoms with Gasteiger partial charge < -0.3 is 9.47 Å². The number of ether oxygens (including phenoxy) is 2. The van der Waals surface area contributed by atoms with Crippen LogP contribution in [0.1, 0.15) is 45.7 Å². The van der Waals surface area contributed by atoms with Gasteiger partial charge in [-0.15, -0.1) is 0 Å². The van der Waals surface area contributed by atoms with Gasteiger partial charge in [-0.25, -0.2) is 0 Å². The number of nitriles is 1. The zero-order valence-electron chi connectivity index (χ0n) is 14.4. The number of nitrogens with zero attached hydrogens (tertiary/aromatic N) is 1. The second kappa shape index (κ2) is 6.45. The minimum Gasteiger partial charge on any atom is -0.493 e. The molecule has 0 spiro atoms. The molecule has 1 heterocycles. The van der Waals surface area contributed by atoms with E-state index in [9.17, 15) is 10.1 Å². The molecular weight excluding hydrogens is 290 g/mol. The lowest BCUT2D eigenvalue weighted by molar-refractivity contribution is -0.121. The van der Waals surface area contributed by atoms with E-state index in [0.717, 1.165) is 17.7 Å². The fourth-order valence-electron chi connectivity index (χ4n) is 2.56. The van der Waals surface area contributed by atoms with Gasteiger partial charge in [0.1, 0.15) is 23.7 Å². The summed E-state index contributed by atoms with van der Waals surface area (Å²) in [5, 5.41) is 9.37. The maximum Gasteiger partial charge on any atom is 0.178 e. The van der Waals surface area contributed by atoms with Crippen molar-refractivity contribution in [2.75, 3.05) is 6.61 Å². The Morgan fingerprint density at radius 3 is 2.74 bits per heavy atom. The number of hydrogen-bond donors (Lipinski definition) is 0. The van der Waals surface area contributed by atoms with E-state index in [1.807, 2.05) is 32.0 Å². The second-order valence-corrected chi connectivity index (χ2v) is 6.81. The zero-order chi connectivity index (χ0) is 17.2. The highest BCUT2D eigenvalue weighted by atomic mass is 16.5. The molecule has 1 aliphatic rings. The number of carbonyl (C=O) groups excluding carboxylic acids is 1. The summed E-state index contributed by atoms with van der Waals surface area (Å²) in [6, 6.07) is 5.83. The fraction of sp³-hybridized carbons (Fsp3) is 0.474. The van der Waals surface area contributed by atoms with Crippen molar-refractivity contribution in [2.24, 2.45) is 5.41 Å². The van der Waals surface area contributed by atoms with E-state index in [4.69, 9.17) is 9.47 Å². The highest BCUT2D eigenvalue weighted by Gasteiger charge is 2.26. The first kappa shape index (κ1) is 17.1. The number of benzene rings is 1. The van der Waals surface area contributed by atoms with Crippen molar-refractivity contribution >= 4 is 11.9 Å². The summed E-state index contributed by atoms with van der Waals surface area (Å²) < 4.78 is 11.5. The molecule has 2 rings (SSSR count). The predicted molar refractivity (Wildman–Crippen MR) is 89.5 cm³/mol. The number of hydrogen-bond acceptors (Lipinski definition) is 4. The summed E-state index contributed by atoms with van der Waals surface area (Å²) in [6.45, 7) is 9.85. The third-order valence-electron chi connectivity index (χ3n) is 3.67. The van der Waals surface area contributed by atoms with Crippen LogP contribution in [0.5, 0.6) is 11.5 Å². The molecule has 0 aliphatic carbocycles. The van der Waals surface area contributed by atoms with E-state index >= 15 is 0 Å². The molecule has 23 heavy (non-hydrogen) atoms. The Kier molecular flexibility index (Phi) is 4.79. The Morgan fingerprint density at radius 2 is 2.17 bits per heavy atom. The number of ketones is 1. The number of fused-ring (bicyclic) bond motifs is 1. The van der Waals surface area contributed by atoms with E-state index < -0.39 is 5.41 Å². The molecule has 4 nitrogen and oxygen atoms in total. The van der Waals surface area contributed by atoms with Crippen molar-refractivity contribution in [1.29, 1.82) is 5.26 Å². The molecule has 0 saturated carbocycles. The van der Waals surface area contributed by atoms with Gasteiger partial charge in [-0.1, -0.05) is 20.8 Å². The number of rotatable bonds is 4. The van der Waals surface area contributed by atoms with Gasteiger partial charge in [0.05, 0.1) is 12.2 Å². The topological polar surface area (TPSA) is 59.3 Å². The summed E-state index contributed by atoms with van der Waals surface area (Å²) in [7, 11) is 0. The largest absolute Gasteiger partial charge is 0.493 e. The first-order valence-corrected chi connectivity index (χ1v) is 7.89. The van der Waals surface area contributed by atoms with Gasteiger partial charge in [0, 0.05) is 23.0 Å². The lowest BCUT2D eigenvalue weighted by Crippen LogP contribution is -2.21. The zero-order valence-corrected chi connectivity index (χ0v) is 14.4. The standard InChI is InChI=1S/C19H23NO3/c1-6-22-16-9-13-7-12(2)23-17(13)10-14(16)8-15(11-20)18(21)19(3,4)5/h8-10,12H,6-7H2,1-5H3/b15-8+/t12-/m1/s1. The molecule has 0 radical (unpaired) electrons. The number of Topliss-reactive ketones (excluding diaryl/α,β-unsaturated/α-hetero) is 1. The van der Waals surface area contributed by atoms with E-state index in [1.165, 1.54) is 0 Å². The maximum atomic E-state index is 12.4. The summed E-state index contributed by atoms with van der Waals surface area (Å²) in [6.07, 6.45) is 2.57. The van der Waals surface area contributed by atoms with E-state index in [2.05, 4.69) is 0 Å². The van der Waals surface area contributed by atoms with Crippen LogP contribution in [0.3, 0.4) is 0 Å². The van der Waals surface area contributed by atoms with Crippen molar-refractivity contribution in [1.82, 2.24) is 0 Å².